The maximum absolute atomic E-state index is 10.4. The Bertz CT molecular complexity index is 341. The van der Waals surface area contributed by atoms with E-state index < -0.39 is 6.10 Å². The van der Waals surface area contributed by atoms with Crippen LogP contribution in [0.1, 0.15) is 30.1 Å². The molecule has 4 N–H and O–H groups in total. The van der Waals surface area contributed by atoms with E-state index in [4.69, 9.17) is 5.73 Å². The van der Waals surface area contributed by atoms with Gasteiger partial charge in [0, 0.05) is 11.8 Å². The third kappa shape index (κ3) is 2.18. The maximum Gasteiger partial charge on any atom is 0.129 e. The number of nitrogen functional groups attached to an aromatic ring is 1. The average molecular weight is 221 g/mol. The van der Waals surface area contributed by atoms with Gasteiger partial charge in [0.25, 0.3) is 0 Å². The molecule has 88 valence electrons. The second kappa shape index (κ2) is 4.80. The van der Waals surface area contributed by atoms with E-state index >= 15 is 0 Å². The number of hydrogen-bond acceptors (Lipinski definition) is 4. The highest BCUT2D eigenvalue weighted by Crippen LogP contribution is 2.32. The fourth-order valence-corrected chi connectivity index (χ4v) is 2.37. The molecule has 0 radical (unpaired) electrons. The molecular formula is C12H19N3O. The summed E-state index contributed by atoms with van der Waals surface area (Å²) in [6.07, 6.45) is 3.20. The van der Waals surface area contributed by atoms with Crippen molar-refractivity contribution in [1.82, 2.24) is 10.3 Å². The largest absolute Gasteiger partial charge is 0.388 e. The van der Waals surface area contributed by atoms with E-state index in [1.807, 2.05) is 13.0 Å². The lowest BCUT2D eigenvalue weighted by Crippen LogP contribution is -2.31. The normalized spacial score (nSPS) is 19.6. The van der Waals surface area contributed by atoms with Crippen LogP contribution in [-0.2, 0) is 0 Å². The first-order chi connectivity index (χ1) is 7.70. The number of pyridine rings is 1. The van der Waals surface area contributed by atoms with Crippen LogP contribution in [0.25, 0.3) is 0 Å². The first kappa shape index (κ1) is 11.4. The Kier molecular flexibility index (Phi) is 3.41. The molecule has 1 aromatic heterocycles. The molecule has 1 aromatic rings. The Balaban J connectivity index is 2.22. The third-order valence-corrected chi connectivity index (χ3v) is 3.37. The Morgan fingerprint density at radius 1 is 1.50 bits per heavy atom. The van der Waals surface area contributed by atoms with Crippen molar-refractivity contribution < 1.29 is 5.11 Å². The van der Waals surface area contributed by atoms with Crippen LogP contribution in [0.15, 0.2) is 12.3 Å². The molecule has 0 aliphatic carbocycles. The summed E-state index contributed by atoms with van der Waals surface area (Å²) in [6, 6.07) is 1.90. The van der Waals surface area contributed by atoms with E-state index in [9.17, 15) is 5.11 Å². The quantitative estimate of drug-likeness (QED) is 0.697. The van der Waals surface area contributed by atoms with Crippen LogP contribution < -0.4 is 11.1 Å². The van der Waals surface area contributed by atoms with Crippen LogP contribution in [0.2, 0.25) is 0 Å². The van der Waals surface area contributed by atoms with Gasteiger partial charge in [-0.3, -0.25) is 0 Å². The monoisotopic (exact) mass is 221 g/mol. The topological polar surface area (TPSA) is 71.2 Å². The summed E-state index contributed by atoms with van der Waals surface area (Å²) in [5.74, 6) is 0.762. The highest BCUT2D eigenvalue weighted by molar-refractivity contribution is 5.45. The van der Waals surface area contributed by atoms with Gasteiger partial charge in [-0.1, -0.05) is 0 Å². The predicted molar refractivity (Wildman–Crippen MR) is 63.9 cm³/mol. The zero-order valence-electron chi connectivity index (χ0n) is 9.61. The highest BCUT2D eigenvalue weighted by atomic mass is 16.3. The van der Waals surface area contributed by atoms with Crippen molar-refractivity contribution >= 4 is 5.82 Å². The number of nitrogens with two attached hydrogens (primary N) is 1. The molecule has 1 fully saturated rings. The van der Waals surface area contributed by atoms with E-state index in [0.29, 0.717) is 11.7 Å². The van der Waals surface area contributed by atoms with Crippen LogP contribution in [-0.4, -0.2) is 23.2 Å². The van der Waals surface area contributed by atoms with Gasteiger partial charge in [-0.15, -0.1) is 0 Å². The zero-order chi connectivity index (χ0) is 11.5. The molecule has 2 rings (SSSR count). The van der Waals surface area contributed by atoms with E-state index in [1.54, 1.807) is 6.20 Å². The number of aromatic nitrogens is 1. The van der Waals surface area contributed by atoms with Crippen molar-refractivity contribution in [1.29, 1.82) is 0 Å². The molecule has 1 unspecified atom stereocenters. The molecule has 4 nitrogen and oxygen atoms in total. The average Bonchev–Trinajstić information content (AvgIpc) is 2.30. The fraction of sp³-hybridized carbons (Fsp3) is 0.583. The number of aliphatic hydroxyl groups excluding tert-OH is 1. The van der Waals surface area contributed by atoms with Crippen LogP contribution in [0, 0.1) is 12.8 Å². The third-order valence-electron chi connectivity index (χ3n) is 3.37. The van der Waals surface area contributed by atoms with Crippen molar-refractivity contribution in [3.63, 3.8) is 0 Å². The minimum Gasteiger partial charge on any atom is -0.388 e. The Labute approximate surface area is 95.9 Å². The molecule has 1 saturated heterocycles. The summed E-state index contributed by atoms with van der Waals surface area (Å²) in [5, 5.41) is 13.7. The van der Waals surface area contributed by atoms with Gasteiger partial charge in [-0.2, -0.15) is 0 Å². The lowest BCUT2D eigenvalue weighted by Gasteiger charge is -2.28. The van der Waals surface area contributed by atoms with Gasteiger partial charge < -0.3 is 16.2 Å². The van der Waals surface area contributed by atoms with Crippen molar-refractivity contribution in [3.05, 3.63) is 23.4 Å². The lowest BCUT2D eigenvalue weighted by molar-refractivity contribution is 0.0888. The summed E-state index contributed by atoms with van der Waals surface area (Å²) in [7, 11) is 0. The molecule has 0 spiro atoms. The molecule has 2 heterocycles. The number of rotatable bonds is 2. The molecule has 1 aliphatic heterocycles. The fourth-order valence-electron chi connectivity index (χ4n) is 2.37. The molecule has 16 heavy (non-hydrogen) atoms. The second-order valence-electron chi connectivity index (χ2n) is 4.46. The zero-order valence-corrected chi connectivity index (χ0v) is 9.61. The Morgan fingerprint density at radius 3 is 2.81 bits per heavy atom. The highest BCUT2D eigenvalue weighted by Gasteiger charge is 2.25. The Hall–Kier alpha value is -1.13. The molecular weight excluding hydrogens is 202 g/mol. The molecule has 4 heteroatoms. The SMILES string of the molecule is Cc1ccnc(N)c1C(O)C1CCNCC1. The summed E-state index contributed by atoms with van der Waals surface area (Å²) >= 11 is 0. The first-order valence-corrected chi connectivity index (χ1v) is 5.80. The minimum absolute atomic E-state index is 0.298. The number of piperidine rings is 1. The predicted octanol–water partition coefficient (Wildman–Crippen LogP) is 1.01. The second-order valence-corrected chi connectivity index (χ2v) is 4.46. The van der Waals surface area contributed by atoms with E-state index in [-0.39, 0.29) is 0 Å². The summed E-state index contributed by atoms with van der Waals surface area (Å²) in [6.45, 7) is 3.92. The molecule has 0 aromatic carbocycles. The van der Waals surface area contributed by atoms with Crippen molar-refractivity contribution in [3.8, 4) is 0 Å². The first-order valence-electron chi connectivity index (χ1n) is 5.80. The van der Waals surface area contributed by atoms with Gasteiger partial charge in [-0.05, 0) is 50.4 Å². The van der Waals surface area contributed by atoms with Gasteiger partial charge in [-0.25, -0.2) is 4.98 Å². The summed E-state index contributed by atoms with van der Waals surface area (Å²) in [5.41, 5.74) is 7.68. The van der Waals surface area contributed by atoms with Crippen LogP contribution >= 0.6 is 0 Å². The lowest BCUT2D eigenvalue weighted by atomic mass is 9.87. The standard InChI is InChI=1S/C12H19N3O/c1-8-2-7-15-12(13)10(8)11(16)9-3-5-14-6-4-9/h2,7,9,11,14,16H,3-6H2,1H3,(H2,13,15). The summed E-state index contributed by atoms with van der Waals surface area (Å²) in [4.78, 5) is 4.06. The van der Waals surface area contributed by atoms with E-state index in [1.165, 1.54) is 0 Å². The number of nitrogens with one attached hydrogen (secondary N) is 1. The van der Waals surface area contributed by atoms with Crippen LogP contribution in [0.3, 0.4) is 0 Å². The number of aryl methyl sites for hydroxylation is 1. The van der Waals surface area contributed by atoms with E-state index in [2.05, 4.69) is 10.3 Å². The van der Waals surface area contributed by atoms with Gasteiger partial charge in [0.2, 0.25) is 0 Å². The molecule has 0 saturated carbocycles. The van der Waals surface area contributed by atoms with Gasteiger partial charge >= 0.3 is 0 Å². The molecule has 0 amide bonds. The van der Waals surface area contributed by atoms with Crippen molar-refractivity contribution in [2.45, 2.75) is 25.9 Å². The van der Waals surface area contributed by atoms with Gasteiger partial charge in [0.15, 0.2) is 0 Å². The van der Waals surface area contributed by atoms with Crippen molar-refractivity contribution in [2.75, 3.05) is 18.8 Å². The minimum atomic E-state index is -0.476. The smallest absolute Gasteiger partial charge is 0.129 e. The molecule has 0 bridgehead atoms. The summed E-state index contributed by atoms with van der Waals surface area (Å²) < 4.78 is 0. The Morgan fingerprint density at radius 2 is 2.19 bits per heavy atom. The number of hydrogen-bond donors (Lipinski definition) is 3. The molecule has 1 aliphatic rings. The van der Waals surface area contributed by atoms with Crippen LogP contribution in [0.4, 0.5) is 5.82 Å². The maximum atomic E-state index is 10.4. The van der Waals surface area contributed by atoms with Crippen LogP contribution in [0.5, 0.6) is 0 Å². The number of nitrogens with zero attached hydrogens (tertiary/aromatic N) is 1. The van der Waals surface area contributed by atoms with Gasteiger partial charge in [0.05, 0.1) is 6.10 Å². The van der Waals surface area contributed by atoms with Crippen molar-refractivity contribution in [2.24, 2.45) is 5.92 Å². The molecule has 1 atom stereocenters. The number of anilines is 1. The number of aliphatic hydroxyl groups is 1. The van der Waals surface area contributed by atoms with Gasteiger partial charge in [0.1, 0.15) is 5.82 Å². The van der Waals surface area contributed by atoms with E-state index in [0.717, 1.165) is 37.1 Å².